The Hall–Kier alpha value is -1.62. The van der Waals surface area contributed by atoms with Crippen LogP contribution >= 0.6 is 11.6 Å². The average molecular weight is 226 g/mol. The first-order valence-electron chi connectivity index (χ1n) is 4.34. The largest absolute Gasteiger partial charge is 0.332 e. The monoisotopic (exact) mass is 225 g/mol. The average Bonchev–Trinajstić information content (AvgIpc) is 2.66. The van der Waals surface area contributed by atoms with E-state index in [2.05, 4.69) is 15.1 Å². The van der Waals surface area contributed by atoms with Crippen molar-refractivity contribution < 1.29 is 4.52 Å². The van der Waals surface area contributed by atoms with E-state index in [4.69, 9.17) is 16.1 Å². The molecule has 2 rings (SSSR count). The SMILES string of the molecule is CC(Cl)c1noc(-c2cccc(=O)[nH]2)n1. The highest BCUT2D eigenvalue weighted by Gasteiger charge is 2.12. The summed E-state index contributed by atoms with van der Waals surface area (Å²) in [4.78, 5) is 17.7. The molecule has 2 aromatic rings. The molecule has 6 heteroatoms. The Morgan fingerprint density at radius 3 is 2.93 bits per heavy atom. The molecular formula is C9H8ClN3O2. The van der Waals surface area contributed by atoms with Crippen LogP contribution in [0.5, 0.6) is 0 Å². The van der Waals surface area contributed by atoms with Crippen molar-refractivity contribution in [1.29, 1.82) is 0 Å². The first kappa shape index (κ1) is 9.92. The molecule has 0 aliphatic carbocycles. The molecule has 0 spiro atoms. The van der Waals surface area contributed by atoms with Crippen LogP contribution in [-0.2, 0) is 0 Å². The quantitative estimate of drug-likeness (QED) is 0.790. The molecular weight excluding hydrogens is 218 g/mol. The van der Waals surface area contributed by atoms with E-state index in [-0.39, 0.29) is 16.8 Å². The predicted molar refractivity (Wildman–Crippen MR) is 54.6 cm³/mol. The maximum Gasteiger partial charge on any atom is 0.274 e. The van der Waals surface area contributed by atoms with Gasteiger partial charge in [-0.15, -0.1) is 11.6 Å². The maximum absolute atomic E-state index is 11.0. The number of aromatic nitrogens is 3. The highest BCUT2D eigenvalue weighted by Crippen LogP contribution is 2.19. The summed E-state index contributed by atoms with van der Waals surface area (Å²) >= 11 is 5.78. The number of hydrogen-bond acceptors (Lipinski definition) is 4. The number of H-pyrrole nitrogens is 1. The van der Waals surface area contributed by atoms with Gasteiger partial charge in [-0.2, -0.15) is 4.98 Å². The van der Waals surface area contributed by atoms with Crippen molar-refractivity contribution in [2.75, 3.05) is 0 Å². The molecule has 0 saturated carbocycles. The second-order valence-electron chi connectivity index (χ2n) is 3.00. The predicted octanol–water partition coefficient (Wildman–Crippen LogP) is 1.72. The van der Waals surface area contributed by atoms with Crippen LogP contribution in [0.25, 0.3) is 11.6 Å². The fourth-order valence-electron chi connectivity index (χ4n) is 1.08. The van der Waals surface area contributed by atoms with Gasteiger partial charge in [0.2, 0.25) is 5.56 Å². The van der Waals surface area contributed by atoms with E-state index in [0.29, 0.717) is 11.5 Å². The summed E-state index contributed by atoms with van der Waals surface area (Å²) in [5.74, 6) is 0.659. The molecule has 5 nitrogen and oxygen atoms in total. The Balaban J connectivity index is 2.41. The van der Waals surface area contributed by atoms with Gasteiger partial charge < -0.3 is 9.51 Å². The standard InChI is InChI=1S/C9H8ClN3O2/c1-5(10)8-12-9(15-13-8)6-3-2-4-7(14)11-6/h2-5H,1H3,(H,11,14). The molecule has 78 valence electrons. The zero-order valence-electron chi connectivity index (χ0n) is 7.90. The van der Waals surface area contributed by atoms with E-state index >= 15 is 0 Å². The smallest absolute Gasteiger partial charge is 0.274 e. The number of hydrogen-bond donors (Lipinski definition) is 1. The zero-order chi connectivity index (χ0) is 10.8. The van der Waals surface area contributed by atoms with E-state index in [1.54, 1.807) is 19.1 Å². The van der Waals surface area contributed by atoms with Crippen molar-refractivity contribution >= 4 is 11.6 Å². The van der Waals surface area contributed by atoms with Gasteiger partial charge in [0, 0.05) is 6.07 Å². The van der Waals surface area contributed by atoms with Crippen LogP contribution in [-0.4, -0.2) is 15.1 Å². The van der Waals surface area contributed by atoms with Gasteiger partial charge in [0.15, 0.2) is 5.82 Å². The molecule has 1 unspecified atom stereocenters. The number of halogens is 1. The molecule has 1 atom stereocenters. The van der Waals surface area contributed by atoms with Crippen LogP contribution in [0.15, 0.2) is 27.5 Å². The number of alkyl halides is 1. The summed E-state index contributed by atoms with van der Waals surface area (Å²) in [7, 11) is 0. The van der Waals surface area contributed by atoms with Gasteiger partial charge in [-0.3, -0.25) is 4.79 Å². The molecule has 0 aliphatic heterocycles. The van der Waals surface area contributed by atoms with E-state index in [1.807, 2.05) is 0 Å². The van der Waals surface area contributed by atoms with Gasteiger partial charge in [-0.25, -0.2) is 0 Å². The molecule has 0 bridgehead atoms. The minimum atomic E-state index is -0.321. The van der Waals surface area contributed by atoms with Crippen LogP contribution in [0.4, 0.5) is 0 Å². The summed E-state index contributed by atoms with van der Waals surface area (Å²) in [6.45, 7) is 1.74. The summed E-state index contributed by atoms with van der Waals surface area (Å²) in [5, 5.41) is 3.36. The summed E-state index contributed by atoms with van der Waals surface area (Å²) < 4.78 is 4.95. The Kier molecular flexibility index (Phi) is 2.55. The van der Waals surface area contributed by atoms with Crippen molar-refractivity contribution in [3.05, 3.63) is 34.4 Å². The summed E-state index contributed by atoms with van der Waals surface area (Å²) in [6, 6.07) is 4.70. The Bertz CT molecular complexity index is 518. The first-order chi connectivity index (χ1) is 7.16. The topological polar surface area (TPSA) is 71.8 Å². The van der Waals surface area contributed by atoms with Gasteiger partial charge in [-0.1, -0.05) is 11.2 Å². The first-order valence-corrected chi connectivity index (χ1v) is 4.78. The van der Waals surface area contributed by atoms with Crippen molar-refractivity contribution in [1.82, 2.24) is 15.1 Å². The van der Waals surface area contributed by atoms with Crippen molar-refractivity contribution in [2.45, 2.75) is 12.3 Å². The van der Waals surface area contributed by atoms with Crippen LogP contribution in [0.2, 0.25) is 0 Å². The van der Waals surface area contributed by atoms with Crippen molar-refractivity contribution in [3.63, 3.8) is 0 Å². The lowest BCUT2D eigenvalue weighted by molar-refractivity contribution is 0.421. The van der Waals surface area contributed by atoms with E-state index in [9.17, 15) is 4.79 Å². The van der Waals surface area contributed by atoms with Crippen LogP contribution in [0.1, 0.15) is 18.1 Å². The lowest BCUT2D eigenvalue weighted by Crippen LogP contribution is -2.03. The second kappa shape index (κ2) is 3.86. The fraction of sp³-hybridized carbons (Fsp3) is 0.222. The lowest BCUT2D eigenvalue weighted by Gasteiger charge is -1.92. The molecule has 2 heterocycles. The molecule has 15 heavy (non-hydrogen) atoms. The molecule has 0 aliphatic rings. The lowest BCUT2D eigenvalue weighted by atomic mass is 10.3. The highest BCUT2D eigenvalue weighted by atomic mass is 35.5. The summed E-state index contributed by atoms with van der Waals surface area (Å²) in [5.41, 5.74) is 0.268. The zero-order valence-corrected chi connectivity index (χ0v) is 8.65. The molecule has 0 amide bonds. The number of pyridine rings is 1. The second-order valence-corrected chi connectivity index (χ2v) is 3.66. The van der Waals surface area contributed by atoms with Gasteiger partial charge in [0.05, 0.1) is 5.38 Å². The van der Waals surface area contributed by atoms with Crippen LogP contribution < -0.4 is 5.56 Å². The molecule has 0 radical (unpaired) electrons. The Labute approximate surface area is 90.1 Å². The van der Waals surface area contributed by atoms with Gasteiger partial charge in [-0.05, 0) is 13.0 Å². The number of nitrogens with zero attached hydrogens (tertiary/aromatic N) is 2. The third-order valence-electron chi connectivity index (χ3n) is 1.80. The van der Waals surface area contributed by atoms with E-state index < -0.39 is 0 Å². The van der Waals surface area contributed by atoms with Gasteiger partial charge in [0.25, 0.3) is 5.89 Å². The molecule has 1 N–H and O–H groups in total. The normalized spacial score (nSPS) is 12.7. The third kappa shape index (κ3) is 2.07. The third-order valence-corrected chi connectivity index (χ3v) is 1.99. The number of rotatable bonds is 2. The maximum atomic E-state index is 11.0. The fourth-order valence-corrected chi connectivity index (χ4v) is 1.17. The molecule has 0 aromatic carbocycles. The van der Waals surface area contributed by atoms with Crippen molar-refractivity contribution in [3.8, 4) is 11.6 Å². The van der Waals surface area contributed by atoms with E-state index in [1.165, 1.54) is 6.07 Å². The molecule has 0 fully saturated rings. The minimum Gasteiger partial charge on any atom is -0.332 e. The van der Waals surface area contributed by atoms with Crippen LogP contribution in [0, 0.1) is 0 Å². The highest BCUT2D eigenvalue weighted by molar-refractivity contribution is 6.20. The Morgan fingerprint density at radius 2 is 2.33 bits per heavy atom. The molecule has 2 aromatic heterocycles. The number of nitrogens with one attached hydrogen (secondary N) is 1. The Morgan fingerprint density at radius 1 is 1.53 bits per heavy atom. The number of aromatic amines is 1. The minimum absolute atomic E-state index is 0.217. The van der Waals surface area contributed by atoms with Gasteiger partial charge in [0.1, 0.15) is 5.69 Å². The van der Waals surface area contributed by atoms with Crippen LogP contribution in [0.3, 0.4) is 0 Å². The van der Waals surface area contributed by atoms with E-state index in [0.717, 1.165) is 0 Å². The van der Waals surface area contributed by atoms with Gasteiger partial charge >= 0.3 is 0 Å². The van der Waals surface area contributed by atoms with Crippen molar-refractivity contribution in [2.24, 2.45) is 0 Å². The molecule has 0 saturated heterocycles. The summed E-state index contributed by atoms with van der Waals surface area (Å²) in [6.07, 6.45) is 0.